The zero-order valence-electron chi connectivity index (χ0n) is 10.6. The van der Waals surface area contributed by atoms with Crippen LogP contribution in [0.5, 0.6) is 0 Å². The van der Waals surface area contributed by atoms with Crippen LogP contribution >= 0.6 is 11.8 Å². The number of thioether (sulfide) groups is 1. The van der Waals surface area contributed by atoms with Gasteiger partial charge in [0, 0.05) is 19.7 Å². The molecule has 1 N–H and O–H groups in total. The van der Waals surface area contributed by atoms with Crippen molar-refractivity contribution >= 4 is 17.7 Å². The van der Waals surface area contributed by atoms with Crippen molar-refractivity contribution in [3.05, 3.63) is 0 Å². The molecule has 0 aromatic heterocycles. The molecular weight excluding hydrogens is 236 g/mol. The Balaban J connectivity index is 1.82. The van der Waals surface area contributed by atoms with Crippen LogP contribution in [0.2, 0.25) is 0 Å². The molecule has 4 nitrogen and oxygen atoms in total. The molecule has 2 heterocycles. The van der Waals surface area contributed by atoms with Crippen molar-refractivity contribution in [2.24, 2.45) is 0 Å². The molecule has 2 saturated heterocycles. The third kappa shape index (κ3) is 3.36. The molecule has 98 valence electrons. The van der Waals surface area contributed by atoms with Crippen LogP contribution in [0.3, 0.4) is 0 Å². The SMILES string of the molecule is CO[C@H]1C[C@@H](C(=O)NC2CCSCC2)N(C)C1. The molecule has 0 spiro atoms. The number of nitrogens with zero attached hydrogens (tertiary/aromatic N) is 1. The quantitative estimate of drug-likeness (QED) is 0.810. The van der Waals surface area contributed by atoms with Crippen molar-refractivity contribution in [3.8, 4) is 0 Å². The summed E-state index contributed by atoms with van der Waals surface area (Å²) in [5.74, 6) is 2.53. The van der Waals surface area contributed by atoms with Crippen molar-refractivity contribution < 1.29 is 9.53 Å². The number of carbonyl (C=O) groups excluding carboxylic acids is 1. The molecule has 5 heteroatoms. The predicted octanol–water partition coefficient (Wildman–Crippen LogP) is 0.717. The third-order valence-electron chi connectivity index (χ3n) is 3.71. The molecule has 0 radical (unpaired) electrons. The highest BCUT2D eigenvalue weighted by atomic mass is 32.2. The Morgan fingerprint density at radius 1 is 1.41 bits per heavy atom. The van der Waals surface area contributed by atoms with Gasteiger partial charge in [-0.2, -0.15) is 11.8 Å². The second-order valence-corrected chi connectivity index (χ2v) is 6.17. The Bertz CT molecular complexity index is 269. The van der Waals surface area contributed by atoms with E-state index in [1.54, 1.807) is 7.11 Å². The van der Waals surface area contributed by atoms with E-state index >= 15 is 0 Å². The molecule has 17 heavy (non-hydrogen) atoms. The fourth-order valence-corrected chi connectivity index (χ4v) is 3.68. The number of amides is 1. The van der Waals surface area contributed by atoms with Gasteiger partial charge >= 0.3 is 0 Å². The van der Waals surface area contributed by atoms with Crippen molar-refractivity contribution in [2.75, 3.05) is 32.2 Å². The molecule has 0 unspecified atom stereocenters. The zero-order chi connectivity index (χ0) is 12.3. The lowest BCUT2D eigenvalue weighted by atomic mass is 10.1. The van der Waals surface area contributed by atoms with Gasteiger partial charge in [0.05, 0.1) is 12.1 Å². The summed E-state index contributed by atoms with van der Waals surface area (Å²) in [5, 5.41) is 3.19. The van der Waals surface area contributed by atoms with Crippen molar-refractivity contribution in [1.29, 1.82) is 0 Å². The maximum Gasteiger partial charge on any atom is 0.237 e. The van der Waals surface area contributed by atoms with Crippen LogP contribution in [0.4, 0.5) is 0 Å². The number of ether oxygens (including phenoxy) is 1. The van der Waals surface area contributed by atoms with E-state index in [4.69, 9.17) is 4.74 Å². The number of hydrogen-bond donors (Lipinski definition) is 1. The van der Waals surface area contributed by atoms with Gasteiger partial charge < -0.3 is 10.1 Å². The number of nitrogens with one attached hydrogen (secondary N) is 1. The van der Waals surface area contributed by atoms with E-state index in [1.807, 2.05) is 18.8 Å². The van der Waals surface area contributed by atoms with E-state index in [-0.39, 0.29) is 18.1 Å². The van der Waals surface area contributed by atoms with Crippen LogP contribution in [0.25, 0.3) is 0 Å². The first-order valence-corrected chi connectivity index (χ1v) is 7.47. The fraction of sp³-hybridized carbons (Fsp3) is 0.917. The first kappa shape index (κ1) is 13.2. The summed E-state index contributed by atoms with van der Waals surface area (Å²) in [7, 11) is 3.72. The average Bonchev–Trinajstić information content (AvgIpc) is 2.72. The standard InChI is InChI=1S/C12H22N2O2S/c1-14-8-10(16-2)7-11(14)12(15)13-9-3-5-17-6-4-9/h9-11H,3-8H2,1-2H3,(H,13,15)/t10-,11-/m0/s1. The van der Waals surface area contributed by atoms with E-state index in [1.165, 1.54) is 11.5 Å². The molecule has 0 bridgehead atoms. The summed E-state index contributed by atoms with van der Waals surface area (Å²) in [6, 6.07) is 0.383. The Morgan fingerprint density at radius 2 is 2.12 bits per heavy atom. The highest BCUT2D eigenvalue weighted by Gasteiger charge is 2.35. The Morgan fingerprint density at radius 3 is 2.71 bits per heavy atom. The number of carbonyl (C=O) groups is 1. The minimum absolute atomic E-state index is 0.00507. The summed E-state index contributed by atoms with van der Waals surface area (Å²) < 4.78 is 5.33. The summed E-state index contributed by atoms with van der Waals surface area (Å²) >= 11 is 1.98. The van der Waals surface area contributed by atoms with Gasteiger partial charge in [0.2, 0.25) is 5.91 Å². The summed E-state index contributed by atoms with van der Waals surface area (Å²) in [4.78, 5) is 14.3. The van der Waals surface area contributed by atoms with E-state index in [2.05, 4.69) is 10.2 Å². The first-order valence-electron chi connectivity index (χ1n) is 6.32. The van der Waals surface area contributed by atoms with E-state index in [0.29, 0.717) is 6.04 Å². The topological polar surface area (TPSA) is 41.6 Å². The van der Waals surface area contributed by atoms with Crippen LogP contribution in [-0.2, 0) is 9.53 Å². The van der Waals surface area contributed by atoms with Crippen LogP contribution in [0.1, 0.15) is 19.3 Å². The Labute approximate surface area is 107 Å². The molecule has 0 aromatic rings. The second kappa shape index (κ2) is 6.07. The van der Waals surface area contributed by atoms with Gasteiger partial charge in [0.1, 0.15) is 0 Å². The van der Waals surface area contributed by atoms with Gasteiger partial charge in [-0.1, -0.05) is 0 Å². The van der Waals surface area contributed by atoms with Crippen molar-refractivity contribution in [3.63, 3.8) is 0 Å². The Kier molecular flexibility index (Phi) is 4.70. The summed E-state index contributed by atoms with van der Waals surface area (Å²) in [6.07, 6.45) is 3.25. The van der Waals surface area contributed by atoms with Crippen LogP contribution in [0.15, 0.2) is 0 Å². The minimum Gasteiger partial charge on any atom is -0.380 e. The monoisotopic (exact) mass is 258 g/mol. The van der Waals surface area contributed by atoms with E-state index in [9.17, 15) is 4.79 Å². The largest absolute Gasteiger partial charge is 0.380 e. The van der Waals surface area contributed by atoms with E-state index in [0.717, 1.165) is 25.8 Å². The molecule has 2 atom stereocenters. The fourth-order valence-electron chi connectivity index (χ4n) is 2.57. The van der Waals surface area contributed by atoms with Gasteiger partial charge in [0.25, 0.3) is 0 Å². The smallest absolute Gasteiger partial charge is 0.237 e. The molecular formula is C12H22N2O2S. The highest BCUT2D eigenvalue weighted by Crippen LogP contribution is 2.20. The Hall–Kier alpha value is -0.260. The van der Waals surface area contributed by atoms with Gasteiger partial charge in [-0.05, 0) is 37.8 Å². The van der Waals surface area contributed by atoms with Crippen molar-refractivity contribution in [2.45, 2.75) is 37.5 Å². The van der Waals surface area contributed by atoms with Gasteiger partial charge in [-0.3, -0.25) is 9.69 Å². The maximum absolute atomic E-state index is 12.2. The zero-order valence-corrected chi connectivity index (χ0v) is 11.5. The second-order valence-electron chi connectivity index (χ2n) is 4.94. The van der Waals surface area contributed by atoms with E-state index < -0.39 is 0 Å². The molecule has 0 aliphatic carbocycles. The lowest BCUT2D eigenvalue weighted by molar-refractivity contribution is -0.125. The molecule has 1 amide bonds. The number of hydrogen-bond acceptors (Lipinski definition) is 4. The average molecular weight is 258 g/mol. The summed E-state index contributed by atoms with van der Waals surface area (Å²) in [6.45, 7) is 0.856. The minimum atomic E-state index is -0.00507. The number of rotatable bonds is 3. The summed E-state index contributed by atoms with van der Waals surface area (Å²) in [5.41, 5.74) is 0. The van der Waals surface area contributed by atoms with Crippen molar-refractivity contribution in [1.82, 2.24) is 10.2 Å². The number of likely N-dealkylation sites (tertiary alicyclic amines) is 1. The van der Waals surface area contributed by atoms with Gasteiger partial charge in [0.15, 0.2) is 0 Å². The van der Waals surface area contributed by atoms with Crippen LogP contribution in [-0.4, -0.2) is 61.2 Å². The normalized spacial score (nSPS) is 31.6. The number of likely N-dealkylation sites (N-methyl/N-ethyl adjacent to an activating group) is 1. The molecule has 2 fully saturated rings. The molecule has 0 aromatic carbocycles. The predicted molar refractivity (Wildman–Crippen MR) is 70.3 cm³/mol. The lowest BCUT2D eigenvalue weighted by Crippen LogP contribution is -2.46. The highest BCUT2D eigenvalue weighted by molar-refractivity contribution is 7.99. The van der Waals surface area contributed by atoms with Crippen LogP contribution < -0.4 is 5.32 Å². The molecule has 2 aliphatic rings. The van der Waals surface area contributed by atoms with Gasteiger partial charge in [-0.25, -0.2) is 0 Å². The van der Waals surface area contributed by atoms with Gasteiger partial charge in [-0.15, -0.1) is 0 Å². The molecule has 2 aliphatic heterocycles. The lowest BCUT2D eigenvalue weighted by Gasteiger charge is -2.26. The number of methoxy groups -OCH3 is 1. The third-order valence-corrected chi connectivity index (χ3v) is 4.76. The molecule has 0 saturated carbocycles. The van der Waals surface area contributed by atoms with Crippen LogP contribution in [0, 0.1) is 0 Å². The molecule has 2 rings (SSSR count). The first-order chi connectivity index (χ1) is 8.20. The maximum atomic E-state index is 12.2.